The molecule has 0 fully saturated rings. The largest absolute Gasteiger partial charge is 0.416 e. The summed E-state index contributed by atoms with van der Waals surface area (Å²) < 4.78 is 52.8. The summed E-state index contributed by atoms with van der Waals surface area (Å²) in [7, 11) is 0. The Balaban J connectivity index is 1.93. The Morgan fingerprint density at radius 2 is 1.65 bits per heavy atom. The molecule has 0 saturated carbocycles. The van der Waals surface area contributed by atoms with Gasteiger partial charge in [0.1, 0.15) is 5.82 Å². The number of amides is 2. The summed E-state index contributed by atoms with van der Waals surface area (Å²) >= 11 is 0. The van der Waals surface area contributed by atoms with Crippen LogP contribution in [0.5, 0.6) is 0 Å². The Morgan fingerprint density at radius 3 is 2.24 bits per heavy atom. The molecule has 0 unspecified atom stereocenters. The van der Waals surface area contributed by atoms with Gasteiger partial charge < -0.3 is 22.1 Å². The van der Waals surface area contributed by atoms with E-state index in [1.807, 2.05) is 20.8 Å². The summed E-state index contributed by atoms with van der Waals surface area (Å²) in [5.41, 5.74) is 11.9. The van der Waals surface area contributed by atoms with E-state index in [0.717, 1.165) is 30.3 Å². The number of carbonyl (C=O) groups excluding carboxylic acids is 1. The summed E-state index contributed by atoms with van der Waals surface area (Å²) in [5.74, 6) is -0.687. The molecule has 2 amide bonds. The average Bonchev–Trinajstić information content (AvgIpc) is 2.77. The van der Waals surface area contributed by atoms with Gasteiger partial charge in [0.05, 0.1) is 22.5 Å². The Kier molecular flexibility index (Phi) is 7.80. The van der Waals surface area contributed by atoms with E-state index < -0.39 is 29.1 Å². The first-order valence-corrected chi connectivity index (χ1v) is 10.9. The lowest BCUT2D eigenvalue weighted by Crippen LogP contribution is -2.20. The van der Waals surface area contributed by atoms with Gasteiger partial charge in [0.25, 0.3) is 0 Å². The number of nitrogen functional groups attached to an aromatic ring is 1. The molecule has 194 valence electrons. The summed E-state index contributed by atoms with van der Waals surface area (Å²) in [6.07, 6.45) is -1.60. The molecule has 0 aliphatic carbocycles. The molecule has 0 aliphatic heterocycles. The first-order chi connectivity index (χ1) is 17.2. The number of aromatic nitrogens is 2. The first kappa shape index (κ1) is 27.1. The van der Waals surface area contributed by atoms with E-state index in [0.29, 0.717) is 11.3 Å². The number of nitrogens with one attached hydrogen (secondary N) is 2. The monoisotopic (exact) mass is 515 g/mol. The molecule has 3 aromatic rings. The number of benzene rings is 2. The molecule has 12 heteroatoms. The third-order valence-corrected chi connectivity index (χ3v) is 4.76. The Bertz CT molecular complexity index is 1340. The lowest BCUT2D eigenvalue weighted by molar-refractivity contribution is -0.137. The van der Waals surface area contributed by atoms with Gasteiger partial charge in [-0.1, -0.05) is 0 Å². The van der Waals surface area contributed by atoms with Gasteiger partial charge in [0, 0.05) is 29.4 Å². The van der Waals surface area contributed by atoms with Gasteiger partial charge in [-0.25, -0.2) is 19.2 Å². The fourth-order valence-electron chi connectivity index (χ4n) is 3.07. The molecular weight excluding hydrogens is 490 g/mol. The number of carbonyl (C=O) groups is 1. The highest BCUT2D eigenvalue weighted by Crippen LogP contribution is 2.30. The zero-order valence-corrected chi connectivity index (χ0v) is 20.2. The van der Waals surface area contributed by atoms with Crippen molar-refractivity contribution < 1.29 is 22.4 Å². The van der Waals surface area contributed by atoms with Gasteiger partial charge in [0.2, 0.25) is 5.95 Å². The highest BCUT2D eigenvalue weighted by atomic mass is 19.4. The third-order valence-electron chi connectivity index (χ3n) is 4.76. The van der Waals surface area contributed by atoms with E-state index in [1.165, 1.54) is 30.6 Å². The van der Waals surface area contributed by atoms with Crippen LogP contribution in [0.1, 0.15) is 37.6 Å². The van der Waals surface area contributed by atoms with E-state index in [9.17, 15) is 22.4 Å². The number of hydrogen-bond acceptors (Lipinski definition) is 6. The number of rotatable bonds is 5. The Morgan fingerprint density at radius 1 is 1.00 bits per heavy atom. The van der Waals surface area contributed by atoms with Crippen LogP contribution in [0.3, 0.4) is 0 Å². The number of allylic oxidation sites excluding steroid dienone is 1. The average molecular weight is 516 g/mol. The van der Waals surface area contributed by atoms with E-state index in [1.54, 1.807) is 0 Å². The molecule has 37 heavy (non-hydrogen) atoms. The normalized spacial score (nSPS) is 12.8. The minimum Gasteiger partial charge on any atom is -0.396 e. The van der Waals surface area contributed by atoms with Crippen LogP contribution in [-0.4, -0.2) is 27.8 Å². The number of alkyl halides is 3. The van der Waals surface area contributed by atoms with Gasteiger partial charge in [-0.05, 0) is 74.9 Å². The summed E-state index contributed by atoms with van der Waals surface area (Å²) in [6.45, 7) is 5.60. The van der Waals surface area contributed by atoms with Crippen molar-refractivity contribution in [1.82, 2.24) is 9.97 Å². The summed E-state index contributed by atoms with van der Waals surface area (Å²) in [6, 6.07) is 8.39. The smallest absolute Gasteiger partial charge is 0.396 e. The van der Waals surface area contributed by atoms with Gasteiger partial charge in [-0.2, -0.15) is 13.2 Å². The maximum absolute atomic E-state index is 14.6. The molecule has 0 radical (unpaired) electrons. The van der Waals surface area contributed by atoms with Crippen molar-refractivity contribution in [2.75, 3.05) is 16.4 Å². The van der Waals surface area contributed by atoms with Crippen LogP contribution in [0.15, 0.2) is 59.7 Å². The first-order valence-electron chi connectivity index (χ1n) is 10.9. The van der Waals surface area contributed by atoms with Crippen molar-refractivity contribution in [3.8, 4) is 0 Å². The highest BCUT2D eigenvalue weighted by molar-refractivity contribution is 6.19. The number of anilines is 3. The molecule has 0 atom stereocenters. The maximum Gasteiger partial charge on any atom is 0.416 e. The molecule has 3 rings (SSSR count). The minimum atomic E-state index is -4.50. The van der Waals surface area contributed by atoms with E-state index in [-0.39, 0.29) is 28.6 Å². The summed E-state index contributed by atoms with van der Waals surface area (Å²) in [4.78, 5) is 24.8. The van der Waals surface area contributed by atoms with Crippen LogP contribution in [0.4, 0.5) is 39.7 Å². The molecule has 0 bridgehead atoms. The quantitative estimate of drug-likeness (QED) is 0.261. The molecule has 8 nitrogen and oxygen atoms in total. The van der Waals surface area contributed by atoms with Crippen LogP contribution >= 0.6 is 0 Å². The fourth-order valence-corrected chi connectivity index (χ4v) is 3.07. The van der Waals surface area contributed by atoms with Crippen LogP contribution in [0.2, 0.25) is 0 Å². The van der Waals surface area contributed by atoms with Crippen molar-refractivity contribution in [2.24, 2.45) is 10.7 Å². The molecule has 2 aromatic carbocycles. The lowest BCUT2D eigenvalue weighted by Gasteiger charge is -2.15. The van der Waals surface area contributed by atoms with Crippen molar-refractivity contribution in [1.29, 1.82) is 0 Å². The zero-order chi connectivity index (χ0) is 27.4. The van der Waals surface area contributed by atoms with Crippen LogP contribution in [0, 0.1) is 5.82 Å². The van der Waals surface area contributed by atoms with E-state index in [2.05, 4.69) is 25.6 Å². The number of nitrogens with two attached hydrogens (primary N) is 2. The van der Waals surface area contributed by atoms with Crippen LogP contribution in [-0.2, 0) is 6.18 Å². The second kappa shape index (κ2) is 10.6. The van der Waals surface area contributed by atoms with E-state index in [4.69, 9.17) is 11.5 Å². The third kappa shape index (κ3) is 7.75. The van der Waals surface area contributed by atoms with Crippen LogP contribution < -0.4 is 22.1 Å². The molecule has 1 aromatic heterocycles. The Hall–Kier alpha value is -4.48. The fraction of sp³-hybridized carbons (Fsp3) is 0.200. The number of aliphatic imine (C=N–C) groups is 1. The lowest BCUT2D eigenvalue weighted by atomic mass is 10.0. The van der Waals surface area contributed by atoms with Gasteiger partial charge in [0.15, 0.2) is 0 Å². The van der Waals surface area contributed by atoms with E-state index >= 15 is 0 Å². The molecule has 0 aliphatic rings. The molecule has 0 saturated heterocycles. The van der Waals surface area contributed by atoms with Crippen molar-refractivity contribution >= 4 is 40.8 Å². The number of nitrogens with zero attached hydrogens (tertiary/aromatic N) is 3. The Labute approximate surface area is 210 Å². The predicted octanol–water partition coefficient (Wildman–Crippen LogP) is 5.56. The predicted molar refractivity (Wildman–Crippen MR) is 136 cm³/mol. The second-order valence-electron chi connectivity index (χ2n) is 8.94. The summed E-state index contributed by atoms with van der Waals surface area (Å²) in [5, 5.41) is 4.87. The molecule has 6 N–H and O–H groups in total. The molecule has 1 heterocycles. The maximum atomic E-state index is 14.6. The van der Waals surface area contributed by atoms with Crippen LogP contribution in [0.25, 0.3) is 11.3 Å². The highest BCUT2D eigenvalue weighted by Gasteiger charge is 2.30. The topological polar surface area (TPSA) is 131 Å². The van der Waals surface area contributed by atoms with Gasteiger partial charge in [-0.15, -0.1) is 0 Å². The number of hydrogen-bond donors (Lipinski definition) is 4. The van der Waals surface area contributed by atoms with Gasteiger partial charge >= 0.3 is 12.2 Å². The number of urea groups is 1. The van der Waals surface area contributed by atoms with Crippen molar-refractivity contribution in [3.05, 3.63) is 77.4 Å². The minimum absolute atomic E-state index is 0.00547. The number of halogens is 4. The standard InChI is InChI=1S/C25H25F4N7O/c1-24(2,3)33-13-19(21(30)20-8-9-32-22(31)36-20)14-10-16(26)12-18(11-14)35-23(37)34-17-6-4-15(5-7-17)25(27,28)29/h4-13H,30H2,1-3H3,(H2,31,32,36)(H2,34,35,37). The van der Waals surface area contributed by atoms with Crippen molar-refractivity contribution in [2.45, 2.75) is 32.5 Å². The van der Waals surface area contributed by atoms with Gasteiger partial charge in [-0.3, -0.25) is 4.99 Å². The zero-order valence-electron chi connectivity index (χ0n) is 20.2. The van der Waals surface area contributed by atoms with Crippen molar-refractivity contribution in [3.63, 3.8) is 0 Å². The second-order valence-corrected chi connectivity index (χ2v) is 8.94. The SMILES string of the molecule is CC(C)(C)N=CC(=C(N)c1ccnc(N)n1)c1cc(F)cc(NC(=O)Nc2ccc(C(F)(F)F)cc2)c1. The molecule has 0 spiro atoms. The molecular formula is C25H25F4N7O.